The van der Waals surface area contributed by atoms with E-state index in [2.05, 4.69) is 5.32 Å². The van der Waals surface area contributed by atoms with Crippen LogP contribution in [0.3, 0.4) is 0 Å². The Balaban J connectivity index is 2.74. The minimum Gasteiger partial charge on any atom is -0.304 e. The molecule has 1 atom stereocenters. The maximum atomic E-state index is 13.0. The summed E-state index contributed by atoms with van der Waals surface area (Å²) in [7, 11) is 0. The van der Waals surface area contributed by atoms with E-state index in [4.69, 9.17) is 0 Å². The molecule has 4 heteroatoms. The van der Waals surface area contributed by atoms with E-state index in [1.165, 1.54) is 6.92 Å². The molecule has 1 nitrogen and oxygen atoms in total. The molecule has 0 aromatic rings. The van der Waals surface area contributed by atoms with Gasteiger partial charge < -0.3 is 5.32 Å². The Kier molecular flexibility index (Phi) is 4.04. The van der Waals surface area contributed by atoms with Crippen molar-refractivity contribution in [3.8, 4) is 0 Å². The van der Waals surface area contributed by atoms with Gasteiger partial charge in [-0.05, 0) is 38.6 Å². The number of hydrogen-bond acceptors (Lipinski definition) is 1. The van der Waals surface area contributed by atoms with Gasteiger partial charge in [0.25, 0.3) is 0 Å². The predicted molar refractivity (Wildman–Crippen MR) is 54.7 cm³/mol. The Hall–Kier alpha value is -0.250. The number of hydrogen-bond donors (Lipinski definition) is 1. The molecule has 1 fully saturated rings. The van der Waals surface area contributed by atoms with Crippen molar-refractivity contribution in [2.24, 2.45) is 5.92 Å². The van der Waals surface area contributed by atoms with E-state index in [9.17, 15) is 13.2 Å². The molecule has 0 aromatic carbocycles. The van der Waals surface area contributed by atoms with Crippen LogP contribution in [-0.2, 0) is 0 Å². The maximum Gasteiger partial charge on any atom is 0.406 e. The summed E-state index contributed by atoms with van der Waals surface area (Å²) in [6.07, 6.45) is -0.136. The van der Waals surface area contributed by atoms with Gasteiger partial charge in [0, 0.05) is 0 Å². The van der Waals surface area contributed by atoms with Crippen LogP contribution in [0.1, 0.15) is 46.0 Å². The molecule has 0 spiro atoms. The minimum atomic E-state index is -4.14. The summed E-state index contributed by atoms with van der Waals surface area (Å²) in [5.41, 5.74) is -1.68. The van der Waals surface area contributed by atoms with Crippen LogP contribution in [0, 0.1) is 5.92 Å². The standard InChI is InChI=1S/C11H20F3N/c1-3-8-15-10(2,11(12,13)14)9-6-4-5-7-9/h9,15H,3-8H2,1-2H3. The smallest absolute Gasteiger partial charge is 0.304 e. The highest BCUT2D eigenvalue weighted by Gasteiger charge is 2.55. The molecule has 1 rings (SSSR count). The lowest BCUT2D eigenvalue weighted by Gasteiger charge is -2.38. The van der Waals surface area contributed by atoms with E-state index in [1.54, 1.807) is 0 Å². The second-order valence-electron chi connectivity index (χ2n) is 4.61. The monoisotopic (exact) mass is 223 g/mol. The zero-order valence-corrected chi connectivity index (χ0v) is 9.45. The molecule has 0 bridgehead atoms. The fourth-order valence-corrected chi connectivity index (χ4v) is 2.36. The zero-order chi connectivity index (χ0) is 11.5. The second kappa shape index (κ2) is 4.73. The summed E-state index contributed by atoms with van der Waals surface area (Å²) < 4.78 is 39.1. The van der Waals surface area contributed by atoms with Crippen LogP contribution < -0.4 is 5.32 Å². The van der Waals surface area contributed by atoms with Gasteiger partial charge in [0.15, 0.2) is 0 Å². The first-order chi connectivity index (χ1) is 6.92. The average molecular weight is 223 g/mol. The Bertz CT molecular complexity index is 196. The van der Waals surface area contributed by atoms with Crippen molar-refractivity contribution in [3.63, 3.8) is 0 Å². The van der Waals surface area contributed by atoms with Gasteiger partial charge in [-0.3, -0.25) is 0 Å². The zero-order valence-electron chi connectivity index (χ0n) is 9.45. The molecule has 1 aliphatic carbocycles. The van der Waals surface area contributed by atoms with Gasteiger partial charge in [0.05, 0.1) is 0 Å². The van der Waals surface area contributed by atoms with Gasteiger partial charge in [0.2, 0.25) is 0 Å². The van der Waals surface area contributed by atoms with Crippen molar-refractivity contribution in [1.29, 1.82) is 0 Å². The Morgan fingerprint density at radius 1 is 1.20 bits per heavy atom. The number of alkyl halides is 3. The second-order valence-corrected chi connectivity index (χ2v) is 4.61. The van der Waals surface area contributed by atoms with Crippen LogP contribution in [0.15, 0.2) is 0 Å². The van der Waals surface area contributed by atoms with Crippen molar-refractivity contribution in [2.45, 2.75) is 57.7 Å². The lowest BCUT2D eigenvalue weighted by atomic mass is 9.83. The Labute approximate surface area is 89.4 Å². The largest absolute Gasteiger partial charge is 0.406 e. The van der Waals surface area contributed by atoms with Crippen LogP contribution in [0.4, 0.5) is 13.2 Å². The highest BCUT2D eigenvalue weighted by molar-refractivity contribution is 4.98. The lowest BCUT2D eigenvalue weighted by molar-refractivity contribution is -0.206. The number of nitrogens with one attached hydrogen (secondary N) is 1. The third-order valence-electron chi connectivity index (χ3n) is 3.50. The van der Waals surface area contributed by atoms with Gasteiger partial charge in [-0.1, -0.05) is 19.8 Å². The summed E-state index contributed by atoms with van der Waals surface area (Å²) >= 11 is 0. The van der Waals surface area contributed by atoms with Crippen molar-refractivity contribution in [2.75, 3.05) is 6.54 Å². The third kappa shape index (κ3) is 2.65. The van der Waals surface area contributed by atoms with Crippen LogP contribution in [0.2, 0.25) is 0 Å². The van der Waals surface area contributed by atoms with Crippen LogP contribution in [-0.4, -0.2) is 18.3 Å². The summed E-state index contributed by atoms with van der Waals surface area (Å²) in [6.45, 7) is 3.64. The Morgan fingerprint density at radius 3 is 2.13 bits per heavy atom. The first-order valence-electron chi connectivity index (χ1n) is 5.73. The minimum absolute atomic E-state index is 0.246. The molecule has 1 N–H and O–H groups in total. The molecule has 0 aliphatic heterocycles. The maximum absolute atomic E-state index is 13.0. The van der Waals surface area contributed by atoms with E-state index in [0.29, 0.717) is 19.4 Å². The molecule has 90 valence electrons. The average Bonchev–Trinajstić information content (AvgIpc) is 2.65. The summed E-state index contributed by atoms with van der Waals surface area (Å²) in [5.74, 6) is -0.246. The van der Waals surface area contributed by atoms with Crippen molar-refractivity contribution < 1.29 is 13.2 Å². The van der Waals surface area contributed by atoms with Gasteiger partial charge >= 0.3 is 6.18 Å². The molecule has 0 amide bonds. The van der Waals surface area contributed by atoms with Gasteiger partial charge in [0.1, 0.15) is 5.54 Å². The summed E-state index contributed by atoms with van der Waals surface area (Å²) in [6, 6.07) is 0. The van der Waals surface area contributed by atoms with E-state index >= 15 is 0 Å². The molecule has 0 radical (unpaired) electrons. The van der Waals surface area contributed by atoms with E-state index in [-0.39, 0.29) is 5.92 Å². The first-order valence-corrected chi connectivity index (χ1v) is 5.73. The fraction of sp³-hybridized carbons (Fsp3) is 1.00. The topological polar surface area (TPSA) is 12.0 Å². The number of rotatable bonds is 4. The van der Waals surface area contributed by atoms with Crippen molar-refractivity contribution >= 4 is 0 Å². The van der Waals surface area contributed by atoms with Crippen molar-refractivity contribution in [3.05, 3.63) is 0 Å². The number of halogens is 3. The fourth-order valence-electron chi connectivity index (χ4n) is 2.36. The van der Waals surface area contributed by atoms with Crippen molar-refractivity contribution in [1.82, 2.24) is 5.32 Å². The van der Waals surface area contributed by atoms with Gasteiger partial charge in [-0.25, -0.2) is 0 Å². The lowest BCUT2D eigenvalue weighted by Crippen LogP contribution is -2.59. The molecule has 1 aliphatic rings. The summed E-state index contributed by atoms with van der Waals surface area (Å²) in [5, 5.41) is 2.70. The molecule has 0 aromatic heterocycles. The molecule has 0 saturated heterocycles. The molecule has 0 heterocycles. The van der Waals surface area contributed by atoms with E-state index in [1.807, 2.05) is 6.92 Å². The molecular weight excluding hydrogens is 203 g/mol. The summed E-state index contributed by atoms with van der Waals surface area (Å²) in [4.78, 5) is 0. The van der Waals surface area contributed by atoms with Gasteiger partial charge in [-0.15, -0.1) is 0 Å². The third-order valence-corrected chi connectivity index (χ3v) is 3.50. The quantitative estimate of drug-likeness (QED) is 0.769. The highest BCUT2D eigenvalue weighted by atomic mass is 19.4. The molecule has 1 saturated carbocycles. The Morgan fingerprint density at radius 2 is 1.73 bits per heavy atom. The van der Waals surface area contributed by atoms with E-state index < -0.39 is 11.7 Å². The van der Waals surface area contributed by atoms with Gasteiger partial charge in [-0.2, -0.15) is 13.2 Å². The molecule has 1 unspecified atom stereocenters. The molecule has 15 heavy (non-hydrogen) atoms. The van der Waals surface area contributed by atoms with Crippen LogP contribution >= 0.6 is 0 Å². The van der Waals surface area contributed by atoms with E-state index in [0.717, 1.165) is 19.3 Å². The van der Waals surface area contributed by atoms with Crippen LogP contribution in [0.5, 0.6) is 0 Å². The first kappa shape index (κ1) is 12.8. The molecular formula is C11H20F3N. The van der Waals surface area contributed by atoms with Crippen LogP contribution in [0.25, 0.3) is 0 Å². The predicted octanol–water partition coefficient (Wildman–Crippen LogP) is 3.50. The normalized spacial score (nSPS) is 23.0. The highest BCUT2D eigenvalue weighted by Crippen LogP contribution is 2.43. The SMILES string of the molecule is CCCNC(C)(C1CCCC1)C(F)(F)F.